The largest absolute Gasteiger partial charge is 0.316 e. The number of nitrogens with one attached hydrogen (secondary N) is 1. The molecule has 0 bridgehead atoms. The molecule has 2 rings (SSSR count). The Morgan fingerprint density at radius 3 is 2.52 bits per heavy atom. The topological polar surface area (TPSA) is 49.4 Å². The monoisotopic (exact) mass is 330 g/mol. The maximum Gasteiger partial charge on any atom is 0.243 e. The minimum absolute atomic E-state index is 0.111. The summed E-state index contributed by atoms with van der Waals surface area (Å²) in [5.74, 6) is 0. The van der Waals surface area contributed by atoms with Crippen molar-refractivity contribution in [2.45, 2.75) is 49.6 Å². The first-order valence-electron chi connectivity index (χ1n) is 7.38. The lowest BCUT2D eigenvalue weighted by Crippen LogP contribution is -2.38. The van der Waals surface area contributed by atoms with E-state index in [0.29, 0.717) is 11.6 Å². The molecule has 1 fully saturated rings. The van der Waals surface area contributed by atoms with E-state index >= 15 is 0 Å². The zero-order valence-electron chi connectivity index (χ0n) is 12.6. The van der Waals surface area contributed by atoms with Crippen LogP contribution in [0.15, 0.2) is 23.1 Å². The van der Waals surface area contributed by atoms with Gasteiger partial charge in [0.2, 0.25) is 10.0 Å². The predicted octanol–water partition coefficient (Wildman–Crippen LogP) is 3.01. The van der Waals surface area contributed by atoms with Gasteiger partial charge in [-0.15, -0.1) is 0 Å². The molecule has 0 spiro atoms. The molecule has 0 saturated heterocycles. The number of hydrogen-bond acceptors (Lipinski definition) is 3. The molecule has 0 aromatic heterocycles. The standard InChI is InChI=1S/C15H23ClN2O2S/c1-17-11-12-8-9-14(10-15(12)16)21(19,20)18(2)13-6-4-3-5-7-13/h8-10,13,17H,3-7,11H2,1-2H3. The van der Waals surface area contributed by atoms with Gasteiger partial charge in [0, 0.05) is 24.7 Å². The van der Waals surface area contributed by atoms with Crippen LogP contribution < -0.4 is 5.32 Å². The van der Waals surface area contributed by atoms with Crippen LogP contribution in [0.1, 0.15) is 37.7 Å². The van der Waals surface area contributed by atoms with Gasteiger partial charge >= 0.3 is 0 Å². The molecule has 0 amide bonds. The lowest BCUT2D eigenvalue weighted by atomic mass is 9.96. The van der Waals surface area contributed by atoms with Crippen LogP contribution in [0.25, 0.3) is 0 Å². The van der Waals surface area contributed by atoms with Gasteiger partial charge < -0.3 is 5.32 Å². The number of halogens is 1. The molecule has 1 aliphatic rings. The number of sulfonamides is 1. The summed E-state index contributed by atoms with van der Waals surface area (Å²) in [6.45, 7) is 0.623. The predicted molar refractivity (Wildman–Crippen MR) is 86.0 cm³/mol. The molecule has 4 nitrogen and oxygen atoms in total. The summed E-state index contributed by atoms with van der Waals surface area (Å²) in [6.07, 6.45) is 5.30. The molecule has 6 heteroatoms. The Morgan fingerprint density at radius 1 is 1.29 bits per heavy atom. The van der Waals surface area contributed by atoms with E-state index in [1.54, 1.807) is 25.2 Å². The highest BCUT2D eigenvalue weighted by Crippen LogP contribution is 2.28. The van der Waals surface area contributed by atoms with Crippen LogP contribution in [0.5, 0.6) is 0 Å². The molecule has 0 atom stereocenters. The second-order valence-electron chi connectivity index (χ2n) is 5.60. The molecule has 0 unspecified atom stereocenters. The third kappa shape index (κ3) is 3.77. The Balaban J connectivity index is 2.24. The molecular weight excluding hydrogens is 308 g/mol. The summed E-state index contributed by atoms with van der Waals surface area (Å²) in [5, 5.41) is 3.50. The quantitative estimate of drug-likeness (QED) is 0.902. The molecule has 1 N–H and O–H groups in total. The first kappa shape index (κ1) is 16.7. The average Bonchev–Trinajstić information content (AvgIpc) is 2.49. The molecule has 118 valence electrons. The Morgan fingerprint density at radius 2 is 1.95 bits per heavy atom. The van der Waals surface area contributed by atoms with E-state index in [4.69, 9.17) is 11.6 Å². The van der Waals surface area contributed by atoms with Gasteiger partial charge in [-0.3, -0.25) is 0 Å². The molecule has 21 heavy (non-hydrogen) atoms. The van der Waals surface area contributed by atoms with Crippen molar-refractivity contribution in [1.82, 2.24) is 9.62 Å². The summed E-state index contributed by atoms with van der Waals surface area (Å²) < 4.78 is 26.9. The lowest BCUT2D eigenvalue weighted by Gasteiger charge is -2.30. The molecule has 1 saturated carbocycles. The van der Waals surface area contributed by atoms with Gasteiger partial charge in [0.05, 0.1) is 4.90 Å². The fourth-order valence-electron chi connectivity index (χ4n) is 2.83. The molecule has 1 aromatic carbocycles. The van der Waals surface area contributed by atoms with Crippen molar-refractivity contribution in [3.63, 3.8) is 0 Å². The van der Waals surface area contributed by atoms with E-state index in [-0.39, 0.29) is 10.9 Å². The number of hydrogen-bond donors (Lipinski definition) is 1. The van der Waals surface area contributed by atoms with Crippen molar-refractivity contribution in [2.75, 3.05) is 14.1 Å². The average molecular weight is 331 g/mol. The second-order valence-corrected chi connectivity index (χ2v) is 8.00. The molecule has 1 aliphatic carbocycles. The Kier molecular flexibility index (Phi) is 5.66. The van der Waals surface area contributed by atoms with E-state index in [1.165, 1.54) is 10.7 Å². The zero-order chi connectivity index (χ0) is 15.5. The third-order valence-corrected chi connectivity index (χ3v) is 6.42. The van der Waals surface area contributed by atoms with Gasteiger partial charge in [-0.1, -0.05) is 36.9 Å². The van der Waals surface area contributed by atoms with Crippen molar-refractivity contribution in [2.24, 2.45) is 0 Å². The fourth-order valence-corrected chi connectivity index (χ4v) is 4.58. The summed E-state index contributed by atoms with van der Waals surface area (Å²) >= 11 is 6.18. The number of benzene rings is 1. The normalized spacial score (nSPS) is 17.3. The molecule has 0 aliphatic heterocycles. The Hall–Kier alpha value is -0.620. The van der Waals surface area contributed by atoms with E-state index in [1.807, 2.05) is 7.05 Å². The highest BCUT2D eigenvalue weighted by molar-refractivity contribution is 7.89. The van der Waals surface area contributed by atoms with E-state index in [2.05, 4.69) is 5.32 Å². The zero-order valence-corrected chi connectivity index (χ0v) is 14.2. The summed E-state index contributed by atoms with van der Waals surface area (Å²) in [6, 6.07) is 5.09. The molecule has 0 heterocycles. The van der Waals surface area contributed by atoms with Crippen LogP contribution in [-0.2, 0) is 16.6 Å². The van der Waals surface area contributed by atoms with Crippen molar-refractivity contribution in [3.05, 3.63) is 28.8 Å². The molecule has 1 aromatic rings. The lowest BCUT2D eigenvalue weighted by molar-refractivity contribution is 0.286. The van der Waals surface area contributed by atoms with Crippen LogP contribution in [0.2, 0.25) is 5.02 Å². The first-order valence-corrected chi connectivity index (χ1v) is 9.19. The van der Waals surface area contributed by atoms with E-state index < -0.39 is 10.0 Å². The molecule has 0 radical (unpaired) electrons. The summed E-state index contributed by atoms with van der Waals surface area (Å²) in [7, 11) is 0.0481. The van der Waals surface area contributed by atoms with Gasteiger partial charge in [0.15, 0.2) is 0 Å². The van der Waals surface area contributed by atoms with Crippen LogP contribution in [0.3, 0.4) is 0 Å². The van der Waals surface area contributed by atoms with Crippen LogP contribution in [0, 0.1) is 0 Å². The molecular formula is C15H23ClN2O2S. The SMILES string of the molecule is CNCc1ccc(S(=O)(=O)N(C)C2CCCCC2)cc1Cl. The van der Waals surface area contributed by atoms with Gasteiger partial charge in [-0.05, 0) is 37.6 Å². The van der Waals surface area contributed by atoms with Gasteiger partial charge in [0.1, 0.15) is 0 Å². The van der Waals surface area contributed by atoms with E-state index in [9.17, 15) is 8.42 Å². The summed E-state index contributed by atoms with van der Waals surface area (Å²) in [4.78, 5) is 0.278. The van der Waals surface area contributed by atoms with Crippen molar-refractivity contribution in [1.29, 1.82) is 0 Å². The van der Waals surface area contributed by atoms with Crippen LogP contribution >= 0.6 is 11.6 Å². The van der Waals surface area contributed by atoms with Crippen LogP contribution in [-0.4, -0.2) is 32.9 Å². The minimum atomic E-state index is -3.46. The minimum Gasteiger partial charge on any atom is -0.316 e. The van der Waals surface area contributed by atoms with E-state index in [0.717, 1.165) is 31.2 Å². The second kappa shape index (κ2) is 7.09. The van der Waals surface area contributed by atoms with Crippen LogP contribution in [0.4, 0.5) is 0 Å². The summed E-state index contributed by atoms with van der Waals surface area (Å²) in [5.41, 5.74) is 0.901. The Bertz CT molecular complexity index is 583. The van der Waals surface area contributed by atoms with Crippen molar-refractivity contribution < 1.29 is 8.42 Å². The van der Waals surface area contributed by atoms with Gasteiger partial charge in [-0.25, -0.2) is 8.42 Å². The highest BCUT2D eigenvalue weighted by atomic mass is 35.5. The highest BCUT2D eigenvalue weighted by Gasteiger charge is 2.29. The van der Waals surface area contributed by atoms with Gasteiger partial charge in [-0.2, -0.15) is 4.31 Å². The number of rotatable bonds is 5. The fraction of sp³-hybridized carbons (Fsp3) is 0.600. The Labute approximate surface area is 132 Å². The maximum atomic E-state index is 12.7. The maximum absolute atomic E-state index is 12.7. The smallest absolute Gasteiger partial charge is 0.243 e. The van der Waals surface area contributed by atoms with Crippen molar-refractivity contribution >= 4 is 21.6 Å². The van der Waals surface area contributed by atoms with Crippen molar-refractivity contribution in [3.8, 4) is 0 Å². The number of nitrogens with zero attached hydrogens (tertiary/aromatic N) is 1. The first-order chi connectivity index (χ1) is 9.96. The van der Waals surface area contributed by atoms with Gasteiger partial charge in [0.25, 0.3) is 0 Å². The third-order valence-electron chi connectivity index (χ3n) is 4.16.